The molecule has 0 radical (unpaired) electrons. The standard InChI is InChI=1S/C12H13ClN4O2/c1-16(6-7-18)12(19)10-8-17(15-14-10)11-5-3-2-4-9(11)13/h2-5,8,18H,6-7H2,1H3. The number of aliphatic hydroxyl groups excluding tert-OH is 1. The Kier molecular flexibility index (Phi) is 4.13. The number of carbonyl (C=O) groups excluding carboxylic acids is 1. The second-order valence-corrected chi connectivity index (χ2v) is 4.36. The van der Waals surface area contributed by atoms with Gasteiger partial charge in [0.1, 0.15) is 0 Å². The molecule has 0 unspecified atom stereocenters. The Balaban J connectivity index is 2.25. The highest BCUT2D eigenvalue weighted by molar-refractivity contribution is 6.32. The van der Waals surface area contributed by atoms with Crippen LogP contribution in [0.2, 0.25) is 5.02 Å². The molecule has 19 heavy (non-hydrogen) atoms. The van der Waals surface area contributed by atoms with E-state index in [9.17, 15) is 4.79 Å². The van der Waals surface area contributed by atoms with Gasteiger partial charge in [-0.05, 0) is 12.1 Å². The number of carbonyl (C=O) groups is 1. The fourth-order valence-corrected chi connectivity index (χ4v) is 1.79. The number of rotatable bonds is 4. The number of para-hydroxylation sites is 1. The lowest BCUT2D eigenvalue weighted by molar-refractivity contribution is 0.0761. The molecule has 1 heterocycles. The van der Waals surface area contributed by atoms with Crippen molar-refractivity contribution in [3.05, 3.63) is 41.2 Å². The molecule has 0 fully saturated rings. The topological polar surface area (TPSA) is 71.2 Å². The molecule has 1 aromatic heterocycles. The lowest BCUT2D eigenvalue weighted by Gasteiger charge is -2.12. The molecule has 100 valence electrons. The zero-order valence-electron chi connectivity index (χ0n) is 10.3. The minimum Gasteiger partial charge on any atom is -0.395 e. The van der Waals surface area contributed by atoms with Gasteiger partial charge in [-0.15, -0.1) is 5.10 Å². The minimum absolute atomic E-state index is 0.0963. The Labute approximate surface area is 115 Å². The largest absolute Gasteiger partial charge is 0.395 e. The maximum Gasteiger partial charge on any atom is 0.275 e. The molecule has 1 N–H and O–H groups in total. The third-order valence-electron chi connectivity index (χ3n) is 2.59. The van der Waals surface area contributed by atoms with Crippen molar-refractivity contribution in [1.82, 2.24) is 19.9 Å². The summed E-state index contributed by atoms with van der Waals surface area (Å²) in [6, 6.07) is 7.15. The molecule has 0 aliphatic heterocycles. The van der Waals surface area contributed by atoms with Gasteiger partial charge >= 0.3 is 0 Å². The Morgan fingerprint density at radius 1 is 1.47 bits per heavy atom. The van der Waals surface area contributed by atoms with Crippen molar-refractivity contribution in [1.29, 1.82) is 0 Å². The van der Waals surface area contributed by atoms with Crippen molar-refractivity contribution in [2.24, 2.45) is 0 Å². The van der Waals surface area contributed by atoms with Crippen LogP contribution in [0.25, 0.3) is 5.69 Å². The summed E-state index contributed by atoms with van der Waals surface area (Å²) in [5, 5.41) is 17.0. The van der Waals surface area contributed by atoms with E-state index >= 15 is 0 Å². The lowest BCUT2D eigenvalue weighted by atomic mass is 10.3. The second-order valence-electron chi connectivity index (χ2n) is 3.95. The summed E-state index contributed by atoms with van der Waals surface area (Å²) < 4.78 is 1.45. The summed E-state index contributed by atoms with van der Waals surface area (Å²) in [6.07, 6.45) is 1.51. The van der Waals surface area contributed by atoms with E-state index in [0.29, 0.717) is 10.7 Å². The first-order chi connectivity index (χ1) is 9.13. The third-order valence-corrected chi connectivity index (χ3v) is 2.91. The monoisotopic (exact) mass is 280 g/mol. The molecule has 0 aliphatic rings. The fourth-order valence-electron chi connectivity index (χ4n) is 1.56. The molecule has 2 rings (SSSR count). The predicted octanol–water partition coefficient (Wildman–Crippen LogP) is 0.985. The van der Waals surface area contributed by atoms with Crippen molar-refractivity contribution in [2.45, 2.75) is 0 Å². The first-order valence-electron chi connectivity index (χ1n) is 5.67. The van der Waals surface area contributed by atoms with Crippen molar-refractivity contribution in [3.63, 3.8) is 0 Å². The molecule has 6 nitrogen and oxygen atoms in total. The van der Waals surface area contributed by atoms with Crippen LogP contribution >= 0.6 is 11.6 Å². The van der Waals surface area contributed by atoms with Crippen LogP contribution in [-0.4, -0.2) is 51.1 Å². The Bertz CT molecular complexity index is 585. The van der Waals surface area contributed by atoms with Gasteiger partial charge in [-0.25, -0.2) is 4.68 Å². The number of aliphatic hydroxyl groups is 1. The number of likely N-dealkylation sites (N-methyl/N-ethyl adjacent to an activating group) is 1. The smallest absolute Gasteiger partial charge is 0.275 e. The van der Waals surface area contributed by atoms with Gasteiger partial charge in [0.15, 0.2) is 5.69 Å². The number of benzene rings is 1. The predicted molar refractivity (Wildman–Crippen MR) is 70.4 cm³/mol. The number of aromatic nitrogens is 3. The van der Waals surface area contributed by atoms with Gasteiger partial charge in [0.2, 0.25) is 0 Å². The highest BCUT2D eigenvalue weighted by Gasteiger charge is 2.16. The van der Waals surface area contributed by atoms with Crippen LogP contribution in [0.15, 0.2) is 30.5 Å². The van der Waals surface area contributed by atoms with Crippen molar-refractivity contribution in [3.8, 4) is 5.69 Å². The normalized spacial score (nSPS) is 10.5. The molecule has 1 aromatic carbocycles. The summed E-state index contributed by atoms with van der Waals surface area (Å²) >= 11 is 6.04. The third kappa shape index (κ3) is 2.91. The van der Waals surface area contributed by atoms with Crippen molar-refractivity contribution in [2.75, 3.05) is 20.2 Å². The zero-order valence-corrected chi connectivity index (χ0v) is 11.1. The number of nitrogens with zero attached hydrogens (tertiary/aromatic N) is 4. The van der Waals surface area contributed by atoms with Gasteiger partial charge in [-0.2, -0.15) is 0 Å². The van der Waals surface area contributed by atoms with Crippen molar-refractivity contribution < 1.29 is 9.90 Å². The molecule has 0 saturated heterocycles. The van der Waals surface area contributed by atoms with E-state index in [-0.39, 0.29) is 24.8 Å². The molecular formula is C12H13ClN4O2. The summed E-state index contributed by atoms with van der Waals surface area (Å²) in [5.41, 5.74) is 0.858. The van der Waals surface area contributed by atoms with Gasteiger partial charge < -0.3 is 10.0 Å². The maximum absolute atomic E-state index is 11.9. The maximum atomic E-state index is 11.9. The average Bonchev–Trinajstić information content (AvgIpc) is 2.88. The molecule has 0 atom stereocenters. The van der Waals surface area contributed by atoms with Crippen LogP contribution < -0.4 is 0 Å². The molecular weight excluding hydrogens is 268 g/mol. The Morgan fingerprint density at radius 2 is 2.21 bits per heavy atom. The van der Waals surface area contributed by atoms with E-state index in [1.54, 1.807) is 19.2 Å². The summed E-state index contributed by atoms with van der Waals surface area (Å²) in [6.45, 7) is 0.151. The van der Waals surface area contributed by atoms with Gasteiger partial charge in [0.05, 0.1) is 23.5 Å². The number of hydrogen-bond donors (Lipinski definition) is 1. The highest BCUT2D eigenvalue weighted by Crippen LogP contribution is 2.18. The van der Waals surface area contributed by atoms with E-state index in [2.05, 4.69) is 10.3 Å². The summed E-state index contributed by atoms with van der Waals surface area (Å²) in [7, 11) is 1.59. The van der Waals surface area contributed by atoms with Gasteiger partial charge in [-0.1, -0.05) is 28.9 Å². The van der Waals surface area contributed by atoms with Crippen LogP contribution in [0.1, 0.15) is 10.5 Å². The SMILES string of the molecule is CN(CCO)C(=O)c1cn(-c2ccccc2Cl)nn1. The molecule has 0 saturated carbocycles. The van der Waals surface area contributed by atoms with Crippen LogP contribution in [0, 0.1) is 0 Å². The molecule has 1 amide bonds. The molecule has 0 spiro atoms. The van der Waals surface area contributed by atoms with Crippen LogP contribution in [-0.2, 0) is 0 Å². The van der Waals surface area contributed by atoms with Gasteiger partial charge in [-0.3, -0.25) is 4.79 Å². The number of hydrogen-bond acceptors (Lipinski definition) is 4. The van der Waals surface area contributed by atoms with E-state index in [1.165, 1.54) is 15.8 Å². The van der Waals surface area contributed by atoms with Crippen LogP contribution in [0.4, 0.5) is 0 Å². The number of halogens is 1. The molecule has 0 aliphatic carbocycles. The highest BCUT2D eigenvalue weighted by atomic mass is 35.5. The van der Waals surface area contributed by atoms with E-state index in [1.807, 2.05) is 12.1 Å². The lowest BCUT2D eigenvalue weighted by Crippen LogP contribution is -2.29. The first-order valence-corrected chi connectivity index (χ1v) is 6.05. The van der Waals surface area contributed by atoms with Gasteiger partial charge in [0, 0.05) is 13.6 Å². The van der Waals surface area contributed by atoms with Crippen LogP contribution in [0.5, 0.6) is 0 Å². The van der Waals surface area contributed by atoms with Crippen molar-refractivity contribution >= 4 is 17.5 Å². The summed E-state index contributed by atoms with van der Waals surface area (Å²) in [5.74, 6) is -0.299. The minimum atomic E-state index is -0.299. The van der Waals surface area contributed by atoms with E-state index < -0.39 is 0 Å². The molecule has 0 bridgehead atoms. The average molecular weight is 281 g/mol. The Hall–Kier alpha value is -1.92. The second kappa shape index (κ2) is 5.81. The Morgan fingerprint density at radius 3 is 2.89 bits per heavy atom. The quantitative estimate of drug-likeness (QED) is 0.906. The number of amides is 1. The first kappa shape index (κ1) is 13.5. The van der Waals surface area contributed by atoms with E-state index in [0.717, 1.165) is 0 Å². The fraction of sp³-hybridized carbons (Fsp3) is 0.250. The van der Waals surface area contributed by atoms with Gasteiger partial charge in [0.25, 0.3) is 5.91 Å². The zero-order chi connectivity index (χ0) is 13.8. The summed E-state index contributed by atoms with van der Waals surface area (Å²) in [4.78, 5) is 13.3. The van der Waals surface area contributed by atoms with Crippen LogP contribution in [0.3, 0.4) is 0 Å². The van der Waals surface area contributed by atoms with E-state index in [4.69, 9.17) is 16.7 Å². The molecule has 2 aromatic rings. The molecule has 7 heteroatoms.